The minimum Gasteiger partial charge on any atom is -0.461 e. The highest BCUT2D eigenvalue weighted by Crippen LogP contribution is 1.91. The van der Waals surface area contributed by atoms with Crippen LogP contribution in [0.2, 0.25) is 0 Å². The molecule has 0 saturated carbocycles. The summed E-state index contributed by atoms with van der Waals surface area (Å²) in [5.74, 6) is -0.256. The molecule has 0 aromatic carbocycles. The van der Waals surface area contributed by atoms with Gasteiger partial charge in [-0.05, 0) is 0 Å². The van der Waals surface area contributed by atoms with Gasteiger partial charge in [0.2, 0.25) is 0 Å². The molecule has 0 N–H and O–H groups in total. The Morgan fingerprint density at radius 1 is 1.14 bits per heavy atom. The van der Waals surface area contributed by atoms with E-state index in [1.165, 1.54) is 0 Å². The highest BCUT2D eigenvalue weighted by molar-refractivity contribution is 5.71. The van der Waals surface area contributed by atoms with Gasteiger partial charge < -0.3 is 4.74 Å². The first-order valence-corrected chi connectivity index (χ1v) is 4.45. The fraction of sp³-hybridized carbons (Fsp3) is 0.364. The second kappa shape index (κ2) is 8.26. The summed E-state index contributed by atoms with van der Waals surface area (Å²) in [6.45, 7) is 12.5. The third-order valence-electron chi connectivity index (χ3n) is 1.49. The second-order valence-electron chi connectivity index (χ2n) is 2.74. The third kappa shape index (κ3) is 6.20. The summed E-state index contributed by atoms with van der Waals surface area (Å²) in [5.41, 5.74) is 0. The molecule has 0 amide bonds. The Morgan fingerprint density at radius 3 is 2.14 bits per heavy atom. The average Bonchev–Trinajstić information content (AvgIpc) is 2.15. The molecule has 0 unspecified atom stereocenters. The molecule has 0 heterocycles. The van der Waals surface area contributed by atoms with Crippen molar-refractivity contribution in [1.82, 2.24) is 4.90 Å². The Labute approximate surface area is 85.4 Å². The van der Waals surface area contributed by atoms with E-state index < -0.39 is 0 Å². The first-order valence-electron chi connectivity index (χ1n) is 4.45. The van der Waals surface area contributed by atoms with Gasteiger partial charge in [-0.2, -0.15) is 0 Å². The van der Waals surface area contributed by atoms with E-state index in [2.05, 4.69) is 19.7 Å². The van der Waals surface area contributed by atoms with Crippen LogP contribution in [0.25, 0.3) is 0 Å². The van der Waals surface area contributed by atoms with E-state index in [1.807, 2.05) is 4.90 Å². The van der Waals surface area contributed by atoms with E-state index in [0.29, 0.717) is 13.1 Å². The molecular weight excluding hydrogens is 178 g/mol. The summed E-state index contributed by atoms with van der Waals surface area (Å²) >= 11 is 0. The number of hydrogen-bond donors (Lipinski definition) is 0. The maximum absolute atomic E-state index is 11.2. The van der Waals surface area contributed by atoms with Crippen LogP contribution in [0.1, 0.15) is 0 Å². The average molecular weight is 195 g/mol. The number of rotatable bonds is 8. The maximum atomic E-state index is 11.2. The van der Waals surface area contributed by atoms with E-state index in [-0.39, 0.29) is 19.1 Å². The van der Waals surface area contributed by atoms with Crippen LogP contribution in [0.4, 0.5) is 0 Å². The van der Waals surface area contributed by atoms with Gasteiger partial charge in [0.25, 0.3) is 0 Å². The molecule has 0 aromatic rings. The molecule has 0 saturated heterocycles. The van der Waals surface area contributed by atoms with Crippen LogP contribution in [-0.4, -0.2) is 37.1 Å². The first-order chi connectivity index (χ1) is 6.74. The molecular formula is C11H17NO2. The van der Waals surface area contributed by atoms with Crippen molar-refractivity contribution >= 4 is 5.97 Å². The number of carbonyl (C=O) groups is 1. The molecule has 0 rings (SSSR count). The van der Waals surface area contributed by atoms with Crippen LogP contribution < -0.4 is 0 Å². The van der Waals surface area contributed by atoms with Crippen molar-refractivity contribution in [1.29, 1.82) is 0 Å². The Bertz CT molecular complexity index is 201. The van der Waals surface area contributed by atoms with Crippen molar-refractivity contribution in [3.63, 3.8) is 0 Å². The van der Waals surface area contributed by atoms with Crippen molar-refractivity contribution in [3.8, 4) is 0 Å². The predicted octanol–water partition coefficient (Wildman–Crippen LogP) is 1.39. The van der Waals surface area contributed by atoms with Crippen molar-refractivity contribution in [2.24, 2.45) is 0 Å². The summed E-state index contributed by atoms with van der Waals surface area (Å²) in [6, 6.07) is 0. The maximum Gasteiger partial charge on any atom is 0.320 e. The molecule has 0 aromatic heterocycles. The summed E-state index contributed by atoms with van der Waals surface area (Å²) in [6.07, 6.45) is 5.03. The highest BCUT2D eigenvalue weighted by Gasteiger charge is 2.07. The Hall–Kier alpha value is -1.35. The van der Waals surface area contributed by atoms with Crippen LogP contribution in [-0.2, 0) is 9.53 Å². The Kier molecular flexibility index (Phi) is 7.46. The lowest BCUT2D eigenvalue weighted by atomic mass is 10.4. The minimum absolute atomic E-state index is 0.256. The second-order valence-corrected chi connectivity index (χ2v) is 2.74. The van der Waals surface area contributed by atoms with Gasteiger partial charge in [-0.1, -0.05) is 24.8 Å². The molecule has 0 bridgehead atoms. The van der Waals surface area contributed by atoms with Crippen LogP contribution >= 0.6 is 0 Å². The molecule has 0 aliphatic carbocycles. The van der Waals surface area contributed by atoms with Crippen LogP contribution in [0, 0.1) is 0 Å². The van der Waals surface area contributed by atoms with Gasteiger partial charge in [-0.15, -0.1) is 13.2 Å². The van der Waals surface area contributed by atoms with Crippen molar-refractivity contribution in [2.75, 3.05) is 26.2 Å². The molecule has 0 fully saturated rings. The summed E-state index contributed by atoms with van der Waals surface area (Å²) in [4.78, 5) is 13.1. The minimum atomic E-state index is -0.256. The van der Waals surface area contributed by atoms with Gasteiger partial charge in [-0.25, -0.2) is 0 Å². The zero-order chi connectivity index (χ0) is 10.8. The SMILES string of the molecule is C=CCOC(=O)CN(CC=C)CC=C. The lowest BCUT2D eigenvalue weighted by Crippen LogP contribution is -2.31. The standard InChI is InChI=1S/C11H17NO2/c1-4-7-12(8-5-2)10-11(13)14-9-6-3/h4-6H,1-3,7-10H2. The molecule has 0 aliphatic rings. The molecule has 0 atom stereocenters. The van der Waals surface area contributed by atoms with Crippen molar-refractivity contribution < 1.29 is 9.53 Å². The van der Waals surface area contributed by atoms with Crippen molar-refractivity contribution in [3.05, 3.63) is 38.0 Å². The van der Waals surface area contributed by atoms with E-state index in [0.717, 1.165) is 0 Å². The highest BCUT2D eigenvalue weighted by atomic mass is 16.5. The third-order valence-corrected chi connectivity index (χ3v) is 1.49. The molecule has 0 spiro atoms. The fourth-order valence-corrected chi connectivity index (χ4v) is 0.949. The number of nitrogens with zero attached hydrogens (tertiary/aromatic N) is 1. The van der Waals surface area contributed by atoms with E-state index in [4.69, 9.17) is 4.74 Å². The lowest BCUT2D eigenvalue weighted by Gasteiger charge is -2.16. The summed E-state index contributed by atoms with van der Waals surface area (Å²) in [5, 5.41) is 0. The van der Waals surface area contributed by atoms with E-state index in [9.17, 15) is 4.79 Å². The van der Waals surface area contributed by atoms with E-state index >= 15 is 0 Å². The van der Waals surface area contributed by atoms with Crippen LogP contribution in [0.3, 0.4) is 0 Å². The van der Waals surface area contributed by atoms with Gasteiger partial charge in [0.15, 0.2) is 0 Å². The molecule has 3 nitrogen and oxygen atoms in total. The quantitative estimate of drug-likeness (QED) is 0.433. The smallest absolute Gasteiger partial charge is 0.320 e. The van der Waals surface area contributed by atoms with Crippen LogP contribution in [0.15, 0.2) is 38.0 Å². The Balaban J connectivity index is 3.87. The topological polar surface area (TPSA) is 29.5 Å². The molecule has 3 heteroatoms. The summed E-state index contributed by atoms with van der Waals surface area (Å²) < 4.78 is 4.85. The van der Waals surface area contributed by atoms with Gasteiger partial charge in [-0.3, -0.25) is 9.69 Å². The number of esters is 1. The normalized spacial score (nSPS) is 9.50. The predicted molar refractivity (Wildman–Crippen MR) is 58.0 cm³/mol. The molecule has 0 aliphatic heterocycles. The van der Waals surface area contributed by atoms with E-state index in [1.54, 1.807) is 18.2 Å². The molecule has 14 heavy (non-hydrogen) atoms. The van der Waals surface area contributed by atoms with Gasteiger partial charge in [0.05, 0.1) is 6.54 Å². The fourth-order valence-electron chi connectivity index (χ4n) is 0.949. The number of ether oxygens (including phenoxy) is 1. The zero-order valence-electron chi connectivity index (χ0n) is 8.45. The Morgan fingerprint density at radius 2 is 1.71 bits per heavy atom. The van der Waals surface area contributed by atoms with Gasteiger partial charge in [0.1, 0.15) is 6.61 Å². The molecule has 0 radical (unpaired) electrons. The summed E-state index contributed by atoms with van der Waals surface area (Å²) in [7, 11) is 0. The molecule has 78 valence electrons. The van der Waals surface area contributed by atoms with Gasteiger partial charge >= 0.3 is 5.97 Å². The number of hydrogen-bond acceptors (Lipinski definition) is 3. The van der Waals surface area contributed by atoms with Gasteiger partial charge in [0, 0.05) is 13.1 Å². The largest absolute Gasteiger partial charge is 0.461 e. The van der Waals surface area contributed by atoms with Crippen molar-refractivity contribution in [2.45, 2.75) is 0 Å². The number of carbonyl (C=O) groups excluding carboxylic acids is 1. The monoisotopic (exact) mass is 195 g/mol. The van der Waals surface area contributed by atoms with Crippen LogP contribution in [0.5, 0.6) is 0 Å². The lowest BCUT2D eigenvalue weighted by molar-refractivity contribution is -0.143. The first kappa shape index (κ1) is 12.7. The zero-order valence-corrected chi connectivity index (χ0v) is 8.45.